The lowest BCUT2D eigenvalue weighted by atomic mass is 10.1. The van der Waals surface area contributed by atoms with E-state index in [1.807, 2.05) is 19.1 Å². The third-order valence-corrected chi connectivity index (χ3v) is 1.96. The second-order valence-electron chi connectivity index (χ2n) is 3.28. The summed E-state index contributed by atoms with van der Waals surface area (Å²) < 4.78 is 4.69. The van der Waals surface area contributed by atoms with Gasteiger partial charge in [0.2, 0.25) is 0 Å². The molecular formula is C11H15NO3. The smallest absolute Gasteiger partial charge is 0.335 e. The topological polar surface area (TPSA) is 59.4 Å². The molecule has 1 unspecified atom stereocenters. The average Bonchev–Trinajstić information content (AvgIpc) is 2.22. The first-order valence-corrected chi connectivity index (χ1v) is 4.89. The summed E-state index contributed by atoms with van der Waals surface area (Å²) in [6.45, 7) is 3.87. The molecule has 0 saturated heterocycles. The first-order valence-electron chi connectivity index (χ1n) is 4.89. The molecule has 0 saturated carbocycles. The van der Waals surface area contributed by atoms with Gasteiger partial charge in [-0.15, -0.1) is 0 Å². The number of hydrogen-bond acceptors (Lipinski definition) is 4. The average molecular weight is 209 g/mol. The quantitative estimate of drug-likeness (QED) is 0.747. The van der Waals surface area contributed by atoms with E-state index in [1.54, 1.807) is 13.1 Å². The molecule has 1 N–H and O–H groups in total. The molecule has 1 heterocycles. The van der Waals surface area contributed by atoms with Crippen LogP contribution in [-0.4, -0.2) is 28.8 Å². The number of pyridine rings is 1. The molecule has 0 amide bonds. The maximum atomic E-state index is 11.1. The summed E-state index contributed by atoms with van der Waals surface area (Å²) in [6.07, 6.45) is 0.790. The lowest BCUT2D eigenvalue weighted by Crippen LogP contribution is -2.25. The summed E-state index contributed by atoms with van der Waals surface area (Å²) in [5.74, 6) is -0.585. The molecule has 82 valence electrons. The van der Waals surface area contributed by atoms with Crippen molar-refractivity contribution in [1.82, 2.24) is 4.98 Å². The van der Waals surface area contributed by atoms with Crippen molar-refractivity contribution in [3.8, 4) is 0 Å². The first kappa shape index (κ1) is 11.7. The van der Waals surface area contributed by atoms with Crippen LogP contribution in [0.25, 0.3) is 0 Å². The Morgan fingerprint density at radius 2 is 2.33 bits per heavy atom. The maximum absolute atomic E-state index is 11.1. The molecule has 0 radical (unpaired) electrons. The van der Waals surface area contributed by atoms with Crippen LogP contribution in [0.5, 0.6) is 0 Å². The highest BCUT2D eigenvalue weighted by atomic mass is 16.5. The molecule has 0 aliphatic heterocycles. The van der Waals surface area contributed by atoms with Gasteiger partial charge in [-0.2, -0.15) is 0 Å². The summed E-state index contributed by atoms with van der Waals surface area (Å²) in [6, 6.07) is 3.68. The third kappa shape index (κ3) is 3.67. The number of aliphatic hydroxyl groups is 1. The summed E-state index contributed by atoms with van der Waals surface area (Å²) in [4.78, 5) is 15.2. The van der Waals surface area contributed by atoms with E-state index in [2.05, 4.69) is 4.98 Å². The molecule has 1 aromatic heterocycles. The normalized spacial score (nSPS) is 12.2. The van der Waals surface area contributed by atoms with Crippen LogP contribution in [0.2, 0.25) is 0 Å². The first-order chi connectivity index (χ1) is 7.13. The standard InChI is InChI=1S/C11H15NO3/c1-3-15-11(14)10(13)6-9-5-4-8(2)12-7-9/h4-5,7,10,13H,3,6H2,1-2H3. The molecular weight excluding hydrogens is 194 g/mol. The Morgan fingerprint density at radius 3 is 2.87 bits per heavy atom. The Balaban J connectivity index is 2.54. The molecule has 4 heteroatoms. The number of rotatable bonds is 4. The maximum Gasteiger partial charge on any atom is 0.335 e. The second-order valence-corrected chi connectivity index (χ2v) is 3.28. The van der Waals surface area contributed by atoms with Crippen molar-refractivity contribution in [2.75, 3.05) is 6.61 Å². The molecule has 0 aliphatic rings. The number of aromatic nitrogens is 1. The lowest BCUT2D eigenvalue weighted by molar-refractivity contribution is -0.152. The van der Waals surface area contributed by atoms with Crippen LogP contribution in [0.1, 0.15) is 18.2 Å². The molecule has 0 bridgehead atoms. The molecule has 1 atom stereocenters. The van der Waals surface area contributed by atoms with Crippen LogP contribution in [0.15, 0.2) is 18.3 Å². The fraction of sp³-hybridized carbons (Fsp3) is 0.455. The van der Waals surface area contributed by atoms with E-state index in [9.17, 15) is 9.90 Å². The summed E-state index contributed by atoms with van der Waals surface area (Å²) in [7, 11) is 0. The Morgan fingerprint density at radius 1 is 1.60 bits per heavy atom. The van der Waals surface area contributed by atoms with Gasteiger partial charge in [-0.05, 0) is 25.5 Å². The van der Waals surface area contributed by atoms with Gasteiger partial charge in [-0.25, -0.2) is 4.79 Å². The van der Waals surface area contributed by atoms with Gasteiger partial charge in [0.25, 0.3) is 0 Å². The van der Waals surface area contributed by atoms with E-state index in [1.165, 1.54) is 0 Å². The van der Waals surface area contributed by atoms with Crippen molar-refractivity contribution >= 4 is 5.97 Å². The van der Waals surface area contributed by atoms with Crippen molar-refractivity contribution in [2.24, 2.45) is 0 Å². The molecule has 0 aliphatic carbocycles. The fourth-order valence-corrected chi connectivity index (χ4v) is 1.16. The van der Waals surface area contributed by atoms with Crippen molar-refractivity contribution in [1.29, 1.82) is 0 Å². The highest BCUT2D eigenvalue weighted by Gasteiger charge is 2.16. The van der Waals surface area contributed by atoms with Crippen LogP contribution >= 0.6 is 0 Å². The Bertz CT molecular complexity index is 321. The molecule has 4 nitrogen and oxygen atoms in total. The predicted octanol–water partition coefficient (Wildman–Crippen LogP) is 0.857. The van der Waals surface area contributed by atoms with E-state index >= 15 is 0 Å². The monoisotopic (exact) mass is 209 g/mol. The predicted molar refractivity (Wildman–Crippen MR) is 55.3 cm³/mol. The van der Waals surface area contributed by atoms with Crippen molar-refractivity contribution in [2.45, 2.75) is 26.4 Å². The van der Waals surface area contributed by atoms with Crippen LogP contribution < -0.4 is 0 Å². The highest BCUT2D eigenvalue weighted by molar-refractivity contribution is 5.74. The fourth-order valence-electron chi connectivity index (χ4n) is 1.16. The number of hydrogen-bond donors (Lipinski definition) is 1. The van der Waals surface area contributed by atoms with E-state index in [-0.39, 0.29) is 13.0 Å². The summed E-state index contributed by atoms with van der Waals surface area (Å²) in [5, 5.41) is 9.47. The van der Waals surface area contributed by atoms with Crippen molar-refractivity contribution in [3.63, 3.8) is 0 Å². The van der Waals surface area contributed by atoms with E-state index < -0.39 is 12.1 Å². The Kier molecular flexibility index (Phi) is 4.24. The number of esters is 1. The molecule has 0 fully saturated rings. The highest BCUT2D eigenvalue weighted by Crippen LogP contribution is 2.04. The van der Waals surface area contributed by atoms with Crippen molar-refractivity contribution < 1.29 is 14.6 Å². The zero-order valence-electron chi connectivity index (χ0n) is 8.93. The van der Waals surface area contributed by atoms with Crippen LogP contribution in [-0.2, 0) is 16.0 Å². The van der Waals surface area contributed by atoms with Gasteiger partial charge in [-0.3, -0.25) is 4.98 Å². The van der Waals surface area contributed by atoms with Crippen LogP contribution in [0.3, 0.4) is 0 Å². The molecule has 1 aromatic rings. The molecule has 0 aromatic carbocycles. The molecule has 0 spiro atoms. The number of carbonyl (C=O) groups is 1. The van der Waals surface area contributed by atoms with E-state index in [4.69, 9.17) is 4.74 Å². The third-order valence-electron chi connectivity index (χ3n) is 1.96. The SMILES string of the molecule is CCOC(=O)C(O)Cc1ccc(C)nc1. The number of ether oxygens (including phenoxy) is 1. The minimum Gasteiger partial charge on any atom is -0.464 e. The summed E-state index contributed by atoms with van der Waals surface area (Å²) >= 11 is 0. The Labute approximate surface area is 88.9 Å². The minimum absolute atomic E-state index is 0.242. The number of nitrogens with zero attached hydrogens (tertiary/aromatic N) is 1. The summed E-state index contributed by atoms with van der Waals surface area (Å²) in [5.41, 5.74) is 1.73. The Hall–Kier alpha value is -1.42. The van der Waals surface area contributed by atoms with E-state index in [0.717, 1.165) is 11.3 Å². The van der Waals surface area contributed by atoms with Gasteiger partial charge in [0.05, 0.1) is 6.61 Å². The van der Waals surface area contributed by atoms with Gasteiger partial charge in [0, 0.05) is 18.3 Å². The lowest BCUT2D eigenvalue weighted by Gasteiger charge is -2.09. The zero-order valence-corrected chi connectivity index (χ0v) is 8.93. The van der Waals surface area contributed by atoms with Gasteiger partial charge >= 0.3 is 5.97 Å². The second kappa shape index (κ2) is 5.46. The van der Waals surface area contributed by atoms with Crippen molar-refractivity contribution in [3.05, 3.63) is 29.6 Å². The van der Waals surface area contributed by atoms with E-state index in [0.29, 0.717) is 0 Å². The van der Waals surface area contributed by atoms with Gasteiger partial charge in [0.15, 0.2) is 6.10 Å². The largest absolute Gasteiger partial charge is 0.464 e. The van der Waals surface area contributed by atoms with Gasteiger partial charge < -0.3 is 9.84 Å². The van der Waals surface area contributed by atoms with Gasteiger partial charge in [0.1, 0.15) is 0 Å². The van der Waals surface area contributed by atoms with Crippen LogP contribution in [0, 0.1) is 6.92 Å². The number of aryl methyl sites for hydroxylation is 1. The minimum atomic E-state index is -1.10. The molecule has 15 heavy (non-hydrogen) atoms. The van der Waals surface area contributed by atoms with Crippen LogP contribution in [0.4, 0.5) is 0 Å². The molecule has 1 rings (SSSR count). The number of aliphatic hydroxyl groups excluding tert-OH is 1. The van der Waals surface area contributed by atoms with Gasteiger partial charge in [-0.1, -0.05) is 6.07 Å². The zero-order chi connectivity index (χ0) is 11.3. The number of carbonyl (C=O) groups excluding carboxylic acids is 1.